The number of halogens is 1. The van der Waals surface area contributed by atoms with Gasteiger partial charge in [0.15, 0.2) is 0 Å². The molecule has 2 heterocycles. The summed E-state index contributed by atoms with van der Waals surface area (Å²) in [5.74, 6) is -1.26. The van der Waals surface area contributed by atoms with Gasteiger partial charge in [0.25, 0.3) is 11.8 Å². The van der Waals surface area contributed by atoms with Gasteiger partial charge in [0.2, 0.25) is 0 Å². The highest BCUT2D eigenvalue weighted by molar-refractivity contribution is 7.99. The third kappa shape index (κ3) is 3.17. The van der Waals surface area contributed by atoms with Gasteiger partial charge in [0.05, 0.1) is 16.8 Å². The summed E-state index contributed by atoms with van der Waals surface area (Å²) >= 11 is 1.35. The molecule has 0 radical (unpaired) electrons. The average Bonchev–Trinajstić information content (AvgIpc) is 2.77. The van der Waals surface area contributed by atoms with Gasteiger partial charge in [0.1, 0.15) is 10.8 Å². The molecule has 0 fully saturated rings. The van der Waals surface area contributed by atoms with Crippen LogP contribution in [0.25, 0.3) is 0 Å². The smallest absolute Gasteiger partial charge is 0.260 e. The molecule has 2 aromatic carbocycles. The summed E-state index contributed by atoms with van der Waals surface area (Å²) in [5, 5.41) is 3.31. The topological polar surface area (TPSA) is 62.3 Å². The molecule has 4 rings (SSSR count). The first-order valence-electron chi connectivity index (χ1n) is 8.15. The normalized spacial score (nSPS) is 12.8. The van der Waals surface area contributed by atoms with Gasteiger partial charge in [-0.1, -0.05) is 23.9 Å². The third-order valence-electron chi connectivity index (χ3n) is 4.21. The predicted molar refractivity (Wildman–Crippen MR) is 102 cm³/mol. The lowest BCUT2D eigenvalue weighted by Gasteiger charge is -2.18. The Morgan fingerprint density at radius 2 is 1.96 bits per heavy atom. The van der Waals surface area contributed by atoms with E-state index in [1.54, 1.807) is 54.5 Å². The predicted octanol–water partition coefficient (Wildman–Crippen LogP) is 4.21. The van der Waals surface area contributed by atoms with Gasteiger partial charge in [-0.2, -0.15) is 0 Å². The van der Waals surface area contributed by atoms with E-state index in [-0.39, 0.29) is 11.5 Å². The number of benzene rings is 2. The maximum Gasteiger partial charge on any atom is 0.260 e. The third-order valence-corrected chi connectivity index (χ3v) is 5.28. The zero-order valence-corrected chi connectivity index (χ0v) is 15.1. The molecular weight excluding hydrogens is 365 g/mol. The van der Waals surface area contributed by atoms with Crippen molar-refractivity contribution < 1.29 is 14.0 Å². The van der Waals surface area contributed by atoms with E-state index in [0.717, 1.165) is 4.90 Å². The molecule has 134 valence electrons. The molecule has 2 amide bonds. The molecule has 0 saturated heterocycles. The van der Waals surface area contributed by atoms with Crippen molar-refractivity contribution in [3.8, 4) is 0 Å². The highest BCUT2D eigenvalue weighted by Crippen LogP contribution is 2.41. The summed E-state index contributed by atoms with van der Waals surface area (Å²) in [6, 6.07) is 14.5. The van der Waals surface area contributed by atoms with Crippen molar-refractivity contribution in [2.24, 2.45) is 0 Å². The maximum atomic E-state index is 13.8. The van der Waals surface area contributed by atoms with Gasteiger partial charge >= 0.3 is 0 Å². The largest absolute Gasteiger partial charge is 0.322 e. The summed E-state index contributed by atoms with van der Waals surface area (Å²) in [5.41, 5.74) is 1.72. The van der Waals surface area contributed by atoms with E-state index in [1.165, 1.54) is 30.0 Å². The van der Waals surface area contributed by atoms with Crippen molar-refractivity contribution in [2.45, 2.75) is 9.92 Å². The summed E-state index contributed by atoms with van der Waals surface area (Å²) in [6.45, 7) is 0. The highest BCUT2D eigenvalue weighted by atomic mass is 32.2. The number of aromatic nitrogens is 1. The average molecular weight is 379 g/mol. The number of anilines is 2. The van der Waals surface area contributed by atoms with Crippen molar-refractivity contribution in [3.63, 3.8) is 0 Å². The number of nitrogens with one attached hydrogen (secondary N) is 1. The standard InChI is InChI=1S/C20H14FN3O2S/c1-24-16-9-8-12(23-18(25)13-5-2-3-7-15(13)21)11-17(16)27-19-14(20(24)26)6-4-10-22-19/h2-11H,1H3,(H,23,25). The fourth-order valence-electron chi connectivity index (χ4n) is 2.82. The van der Waals surface area contributed by atoms with Crippen molar-refractivity contribution in [1.82, 2.24) is 4.98 Å². The minimum Gasteiger partial charge on any atom is -0.322 e. The van der Waals surface area contributed by atoms with Crippen LogP contribution in [0.15, 0.2) is 70.7 Å². The molecule has 0 aliphatic carbocycles. The maximum absolute atomic E-state index is 13.8. The van der Waals surface area contributed by atoms with Gasteiger partial charge in [-0.25, -0.2) is 9.37 Å². The van der Waals surface area contributed by atoms with E-state index in [9.17, 15) is 14.0 Å². The Morgan fingerprint density at radius 1 is 1.15 bits per heavy atom. The van der Waals surface area contributed by atoms with Gasteiger partial charge in [-0.15, -0.1) is 0 Å². The first-order valence-corrected chi connectivity index (χ1v) is 8.97. The fraction of sp³-hybridized carbons (Fsp3) is 0.0500. The van der Waals surface area contributed by atoms with E-state index in [1.807, 2.05) is 0 Å². The SMILES string of the molecule is CN1C(=O)c2cccnc2Sc2cc(NC(=O)c3ccccc3F)ccc21. The molecule has 1 aliphatic heterocycles. The number of hydrogen-bond donors (Lipinski definition) is 1. The van der Waals surface area contributed by atoms with Crippen LogP contribution < -0.4 is 10.2 Å². The summed E-state index contributed by atoms with van der Waals surface area (Å²) in [7, 11) is 1.70. The van der Waals surface area contributed by atoms with E-state index in [0.29, 0.717) is 22.0 Å². The first-order chi connectivity index (χ1) is 13.0. The molecule has 0 saturated carbocycles. The molecule has 5 nitrogen and oxygen atoms in total. The Labute approximate surface area is 159 Å². The van der Waals surface area contributed by atoms with Crippen LogP contribution in [0.4, 0.5) is 15.8 Å². The first kappa shape index (κ1) is 17.2. The molecule has 0 atom stereocenters. The molecular formula is C20H14FN3O2S. The summed E-state index contributed by atoms with van der Waals surface area (Å²) in [6.07, 6.45) is 1.63. The lowest BCUT2D eigenvalue weighted by Crippen LogP contribution is -2.26. The number of carbonyl (C=O) groups is 2. The minimum atomic E-state index is -0.581. The lowest BCUT2D eigenvalue weighted by molar-refractivity contribution is 0.0987. The Balaban J connectivity index is 1.68. The van der Waals surface area contributed by atoms with E-state index >= 15 is 0 Å². The molecule has 7 heteroatoms. The molecule has 3 aromatic rings. The second-order valence-electron chi connectivity index (χ2n) is 5.94. The number of carbonyl (C=O) groups excluding carboxylic acids is 2. The Morgan fingerprint density at radius 3 is 2.78 bits per heavy atom. The second-order valence-corrected chi connectivity index (χ2v) is 6.97. The van der Waals surface area contributed by atoms with E-state index in [2.05, 4.69) is 10.3 Å². The zero-order valence-electron chi connectivity index (χ0n) is 14.3. The monoisotopic (exact) mass is 379 g/mol. The van der Waals surface area contributed by atoms with Gasteiger partial charge < -0.3 is 10.2 Å². The Kier molecular flexibility index (Phi) is 4.37. The van der Waals surface area contributed by atoms with Crippen molar-refractivity contribution >= 4 is 35.0 Å². The van der Waals surface area contributed by atoms with Crippen molar-refractivity contribution in [2.75, 3.05) is 17.3 Å². The highest BCUT2D eigenvalue weighted by Gasteiger charge is 2.25. The van der Waals surface area contributed by atoms with Gasteiger partial charge in [-0.3, -0.25) is 9.59 Å². The van der Waals surface area contributed by atoms with Crippen LogP contribution in [0.2, 0.25) is 0 Å². The summed E-state index contributed by atoms with van der Waals surface area (Å²) in [4.78, 5) is 31.6. The van der Waals surface area contributed by atoms with Crippen LogP contribution in [-0.4, -0.2) is 23.8 Å². The van der Waals surface area contributed by atoms with Crippen LogP contribution in [0.3, 0.4) is 0 Å². The number of fused-ring (bicyclic) bond motifs is 2. The number of pyridine rings is 1. The van der Waals surface area contributed by atoms with Crippen molar-refractivity contribution in [1.29, 1.82) is 0 Å². The Bertz CT molecular complexity index is 1070. The molecule has 1 aromatic heterocycles. The van der Waals surface area contributed by atoms with Crippen LogP contribution >= 0.6 is 11.8 Å². The van der Waals surface area contributed by atoms with Crippen LogP contribution in [0.1, 0.15) is 20.7 Å². The number of rotatable bonds is 2. The number of nitrogens with zero attached hydrogens (tertiary/aromatic N) is 2. The molecule has 0 bridgehead atoms. The second kappa shape index (κ2) is 6.85. The minimum absolute atomic E-state index is 0.0283. The van der Waals surface area contributed by atoms with Crippen LogP contribution in [0.5, 0.6) is 0 Å². The van der Waals surface area contributed by atoms with Crippen LogP contribution in [-0.2, 0) is 0 Å². The van der Waals surface area contributed by atoms with Crippen molar-refractivity contribution in [3.05, 3.63) is 77.7 Å². The lowest BCUT2D eigenvalue weighted by atomic mass is 10.2. The summed E-state index contributed by atoms with van der Waals surface area (Å²) < 4.78 is 13.8. The molecule has 0 unspecified atom stereocenters. The molecule has 1 aliphatic rings. The fourth-order valence-corrected chi connectivity index (χ4v) is 3.91. The molecule has 0 spiro atoms. The number of hydrogen-bond acceptors (Lipinski definition) is 4. The quantitative estimate of drug-likeness (QED) is 0.724. The van der Waals surface area contributed by atoms with Crippen LogP contribution in [0, 0.1) is 5.82 Å². The zero-order chi connectivity index (χ0) is 19.0. The van der Waals surface area contributed by atoms with Gasteiger partial charge in [-0.05, 0) is 42.5 Å². The van der Waals surface area contributed by atoms with E-state index < -0.39 is 11.7 Å². The molecule has 27 heavy (non-hydrogen) atoms. The molecule has 1 N–H and O–H groups in total. The number of amides is 2. The van der Waals surface area contributed by atoms with E-state index in [4.69, 9.17) is 0 Å². The Hall–Kier alpha value is -3.19. The van der Waals surface area contributed by atoms with Gasteiger partial charge in [0, 0.05) is 23.8 Å².